The average molecular weight is 392 g/mol. The molecule has 1 aliphatic heterocycles. The number of hydrogen-bond acceptors (Lipinski definition) is 6. The highest BCUT2D eigenvalue weighted by Gasteiger charge is 2.43. The van der Waals surface area contributed by atoms with Crippen LogP contribution in [0.15, 0.2) is 17.1 Å². The van der Waals surface area contributed by atoms with E-state index in [1.54, 1.807) is 21.3 Å². The maximum Gasteiger partial charge on any atom is 0.203 e. The highest BCUT2D eigenvalue weighted by atomic mass is 16.5. The molecule has 3 N–H and O–H groups in total. The number of unbranched alkanes of at least 4 members (excludes halogenated alkanes) is 1. The quantitative estimate of drug-likeness (QED) is 0.635. The van der Waals surface area contributed by atoms with Crippen LogP contribution < -0.4 is 25.3 Å². The van der Waals surface area contributed by atoms with E-state index in [4.69, 9.17) is 24.9 Å². The van der Waals surface area contributed by atoms with E-state index in [1.807, 2.05) is 19.1 Å². The van der Waals surface area contributed by atoms with Crippen LogP contribution in [0.2, 0.25) is 0 Å². The first kappa shape index (κ1) is 22.3. The Morgan fingerprint density at radius 2 is 1.82 bits per heavy atom. The second-order valence-corrected chi connectivity index (χ2v) is 7.69. The lowest BCUT2D eigenvalue weighted by molar-refractivity contribution is 0.197. The number of rotatable bonds is 10. The van der Waals surface area contributed by atoms with Gasteiger partial charge in [0.25, 0.3) is 0 Å². The van der Waals surface area contributed by atoms with Crippen LogP contribution in [-0.2, 0) is 6.42 Å². The number of methoxy groups -OCH3 is 3. The Kier molecular flexibility index (Phi) is 7.98. The fraction of sp³-hybridized carbons (Fsp3) is 0.682. The molecule has 2 rings (SSSR count). The second-order valence-electron chi connectivity index (χ2n) is 7.69. The van der Waals surface area contributed by atoms with Gasteiger partial charge in [0.1, 0.15) is 5.84 Å². The zero-order valence-corrected chi connectivity index (χ0v) is 18.3. The maximum absolute atomic E-state index is 6.62. The summed E-state index contributed by atoms with van der Waals surface area (Å²) in [7, 11) is 4.91. The molecule has 28 heavy (non-hydrogen) atoms. The van der Waals surface area contributed by atoms with Gasteiger partial charge in [-0.2, -0.15) is 0 Å². The molecule has 6 heteroatoms. The van der Waals surface area contributed by atoms with E-state index in [9.17, 15) is 0 Å². The van der Waals surface area contributed by atoms with Gasteiger partial charge in [-0.05, 0) is 43.4 Å². The third-order valence-corrected chi connectivity index (χ3v) is 5.98. The average Bonchev–Trinajstić information content (AvgIpc) is 2.70. The number of hydrogen-bond donors (Lipinski definition) is 2. The van der Waals surface area contributed by atoms with E-state index in [0.717, 1.165) is 37.2 Å². The molecular formula is C22H37N3O3. The monoisotopic (exact) mass is 391 g/mol. The van der Waals surface area contributed by atoms with E-state index in [2.05, 4.69) is 19.2 Å². The lowest BCUT2D eigenvalue weighted by atomic mass is 9.66. The van der Waals surface area contributed by atoms with Gasteiger partial charge in [0.15, 0.2) is 11.5 Å². The minimum absolute atomic E-state index is 0.0525. The van der Waals surface area contributed by atoms with Crippen LogP contribution in [0.25, 0.3) is 0 Å². The summed E-state index contributed by atoms with van der Waals surface area (Å²) in [4.78, 5) is 4.72. The van der Waals surface area contributed by atoms with Crippen molar-refractivity contribution in [1.29, 1.82) is 0 Å². The van der Waals surface area contributed by atoms with Crippen molar-refractivity contribution >= 4 is 5.84 Å². The Morgan fingerprint density at radius 3 is 2.29 bits per heavy atom. The number of nitrogens with two attached hydrogens (primary N) is 1. The smallest absolute Gasteiger partial charge is 0.203 e. The molecule has 1 aliphatic rings. The molecule has 0 spiro atoms. The molecule has 0 amide bonds. The molecule has 1 aromatic carbocycles. The van der Waals surface area contributed by atoms with Crippen LogP contribution in [0.4, 0.5) is 0 Å². The molecule has 1 heterocycles. The first-order valence-corrected chi connectivity index (χ1v) is 10.3. The minimum atomic E-state index is -0.221. The fourth-order valence-corrected chi connectivity index (χ4v) is 4.38. The molecule has 0 bridgehead atoms. The molecule has 0 aromatic heterocycles. The van der Waals surface area contributed by atoms with Gasteiger partial charge < -0.3 is 19.9 Å². The summed E-state index contributed by atoms with van der Waals surface area (Å²) >= 11 is 0. The Bertz CT molecular complexity index is 652. The van der Waals surface area contributed by atoms with E-state index in [1.165, 1.54) is 12.8 Å². The van der Waals surface area contributed by atoms with Crippen LogP contribution in [0.5, 0.6) is 17.2 Å². The highest BCUT2D eigenvalue weighted by molar-refractivity contribution is 5.88. The van der Waals surface area contributed by atoms with Gasteiger partial charge in [-0.15, -0.1) is 0 Å². The zero-order valence-electron chi connectivity index (χ0n) is 18.3. The van der Waals surface area contributed by atoms with Gasteiger partial charge in [-0.1, -0.05) is 33.1 Å². The molecule has 6 nitrogen and oxygen atoms in total. The van der Waals surface area contributed by atoms with Crippen molar-refractivity contribution in [3.63, 3.8) is 0 Å². The van der Waals surface area contributed by atoms with Crippen molar-refractivity contribution in [2.75, 3.05) is 27.9 Å². The summed E-state index contributed by atoms with van der Waals surface area (Å²) in [5.74, 6) is 3.16. The summed E-state index contributed by atoms with van der Waals surface area (Å²) in [6.07, 6.45) is 5.41. The third kappa shape index (κ3) is 4.54. The van der Waals surface area contributed by atoms with Crippen LogP contribution in [0, 0.1) is 11.3 Å². The topological polar surface area (TPSA) is 78.1 Å². The van der Waals surface area contributed by atoms with Crippen molar-refractivity contribution < 1.29 is 14.2 Å². The Hall–Kier alpha value is -1.95. The number of amidine groups is 1. The largest absolute Gasteiger partial charge is 0.493 e. The molecule has 0 aliphatic carbocycles. The normalized spacial score (nSPS) is 23.1. The van der Waals surface area contributed by atoms with Crippen molar-refractivity contribution in [1.82, 2.24) is 5.32 Å². The SMILES string of the molecule is CCCCC(CC)C1(Cc2cc(OC)c(OC)c(OC)c2)CNC(C)N=C1N. The first-order chi connectivity index (χ1) is 13.4. The van der Waals surface area contributed by atoms with Crippen LogP contribution in [-0.4, -0.2) is 39.9 Å². The Labute approximate surface area is 169 Å². The molecule has 3 atom stereocenters. The Morgan fingerprint density at radius 1 is 1.18 bits per heavy atom. The summed E-state index contributed by atoms with van der Waals surface area (Å²) in [6, 6.07) is 4.06. The van der Waals surface area contributed by atoms with Crippen LogP contribution in [0.1, 0.15) is 52.0 Å². The van der Waals surface area contributed by atoms with E-state index >= 15 is 0 Å². The second kappa shape index (κ2) is 10.0. The van der Waals surface area contributed by atoms with Crippen LogP contribution >= 0.6 is 0 Å². The number of ether oxygens (including phenoxy) is 3. The molecule has 0 saturated heterocycles. The van der Waals surface area contributed by atoms with Crippen LogP contribution in [0.3, 0.4) is 0 Å². The highest BCUT2D eigenvalue weighted by Crippen LogP contribution is 2.43. The zero-order chi connectivity index (χ0) is 20.7. The molecule has 0 radical (unpaired) electrons. The van der Waals surface area contributed by atoms with Gasteiger partial charge in [-0.3, -0.25) is 10.3 Å². The number of benzene rings is 1. The van der Waals surface area contributed by atoms with Gasteiger partial charge in [0.05, 0.1) is 27.5 Å². The Balaban J connectivity index is 2.50. The predicted molar refractivity (Wildman–Crippen MR) is 115 cm³/mol. The standard InChI is InChI=1S/C22H37N3O3/c1-7-9-10-17(8-2)22(14-24-15(3)25-21(22)23)13-16-11-18(26-4)20(28-6)19(12-16)27-5/h11-12,15,17,24H,7-10,13-14H2,1-6H3,(H2,23,25). The summed E-state index contributed by atoms with van der Waals surface area (Å²) in [5.41, 5.74) is 7.51. The lowest BCUT2D eigenvalue weighted by Gasteiger charge is -2.44. The molecule has 0 saturated carbocycles. The lowest BCUT2D eigenvalue weighted by Crippen LogP contribution is -2.56. The molecular weight excluding hydrogens is 354 g/mol. The molecule has 1 aromatic rings. The number of aliphatic imine (C=N–C) groups is 1. The van der Waals surface area contributed by atoms with Gasteiger partial charge in [0, 0.05) is 12.0 Å². The number of nitrogens with one attached hydrogen (secondary N) is 1. The fourth-order valence-electron chi connectivity index (χ4n) is 4.38. The van der Waals surface area contributed by atoms with E-state index < -0.39 is 0 Å². The third-order valence-electron chi connectivity index (χ3n) is 5.98. The van der Waals surface area contributed by atoms with E-state index in [-0.39, 0.29) is 11.6 Å². The summed E-state index contributed by atoms with van der Waals surface area (Å²) in [5, 5.41) is 3.54. The summed E-state index contributed by atoms with van der Waals surface area (Å²) < 4.78 is 16.6. The minimum Gasteiger partial charge on any atom is -0.493 e. The van der Waals surface area contributed by atoms with Crippen molar-refractivity contribution in [2.24, 2.45) is 22.1 Å². The summed E-state index contributed by atoms with van der Waals surface area (Å²) in [6.45, 7) is 7.35. The van der Waals surface area contributed by atoms with Gasteiger partial charge in [0.2, 0.25) is 5.75 Å². The van der Waals surface area contributed by atoms with Crippen molar-refractivity contribution in [3.05, 3.63) is 17.7 Å². The van der Waals surface area contributed by atoms with Gasteiger partial charge in [-0.25, -0.2) is 0 Å². The maximum atomic E-state index is 6.62. The first-order valence-electron chi connectivity index (χ1n) is 10.3. The van der Waals surface area contributed by atoms with E-state index in [0.29, 0.717) is 23.2 Å². The van der Waals surface area contributed by atoms with Gasteiger partial charge >= 0.3 is 0 Å². The molecule has 158 valence electrons. The number of nitrogens with zero attached hydrogens (tertiary/aromatic N) is 1. The predicted octanol–water partition coefficient (Wildman–Crippen LogP) is 3.76. The van der Waals surface area contributed by atoms with Crippen molar-refractivity contribution in [2.45, 2.75) is 59.0 Å². The van der Waals surface area contributed by atoms with Crippen molar-refractivity contribution in [3.8, 4) is 17.2 Å². The molecule has 3 unspecified atom stereocenters. The molecule has 0 fully saturated rings.